The molecule has 0 radical (unpaired) electrons. The monoisotopic (exact) mass is 246 g/mol. The summed E-state index contributed by atoms with van der Waals surface area (Å²) in [7, 11) is 0. The number of nitrogens with zero attached hydrogens (tertiary/aromatic N) is 1. The molecule has 1 saturated heterocycles. The Balaban J connectivity index is 2.14. The second-order valence-electron chi connectivity index (χ2n) is 4.18. The maximum absolute atomic E-state index is 12.1. The number of rotatable bonds is 2. The number of benzene rings is 1. The van der Waals surface area contributed by atoms with Crippen molar-refractivity contribution in [1.29, 1.82) is 0 Å². The van der Waals surface area contributed by atoms with Crippen LogP contribution in [0.4, 0.5) is 0 Å². The van der Waals surface area contributed by atoms with Gasteiger partial charge in [-0.05, 0) is 24.1 Å². The lowest BCUT2D eigenvalue weighted by Crippen LogP contribution is -2.53. The number of aryl methyl sites for hydroxylation is 1. The number of carbonyl (C=O) groups excluding carboxylic acids is 3. The summed E-state index contributed by atoms with van der Waals surface area (Å²) in [6.07, 6.45) is 0.902. The smallest absolute Gasteiger partial charge is 0.254 e. The summed E-state index contributed by atoms with van der Waals surface area (Å²) in [5.41, 5.74) is 1.63. The first-order chi connectivity index (χ1) is 8.60. The summed E-state index contributed by atoms with van der Waals surface area (Å²) >= 11 is 0. The summed E-state index contributed by atoms with van der Waals surface area (Å²) in [5.74, 6) is -1.17. The van der Waals surface area contributed by atoms with Gasteiger partial charge in [0.25, 0.3) is 5.91 Å². The van der Waals surface area contributed by atoms with E-state index in [1.807, 2.05) is 19.1 Å². The molecule has 0 atom stereocenters. The van der Waals surface area contributed by atoms with Gasteiger partial charge in [0.15, 0.2) is 0 Å². The third-order valence-electron chi connectivity index (χ3n) is 2.84. The summed E-state index contributed by atoms with van der Waals surface area (Å²) in [6, 6.07) is 7.19. The highest BCUT2D eigenvalue weighted by Crippen LogP contribution is 2.09. The maximum atomic E-state index is 12.1. The Bertz CT molecular complexity index is 477. The molecular formula is C13H14N2O3. The number of nitrogens with one attached hydrogen (secondary N) is 1. The van der Waals surface area contributed by atoms with Crippen LogP contribution in [0.15, 0.2) is 24.3 Å². The van der Waals surface area contributed by atoms with E-state index in [9.17, 15) is 14.4 Å². The minimum atomic E-state index is -0.440. The van der Waals surface area contributed by atoms with Gasteiger partial charge in [-0.2, -0.15) is 0 Å². The molecule has 0 aliphatic carbocycles. The fraction of sp³-hybridized carbons (Fsp3) is 0.308. The Morgan fingerprint density at radius 3 is 2.22 bits per heavy atom. The van der Waals surface area contributed by atoms with Crippen molar-refractivity contribution in [2.45, 2.75) is 13.3 Å². The van der Waals surface area contributed by atoms with Crippen molar-refractivity contribution in [2.75, 3.05) is 13.1 Å². The van der Waals surface area contributed by atoms with Gasteiger partial charge in [-0.25, -0.2) is 0 Å². The molecule has 94 valence electrons. The van der Waals surface area contributed by atoms with E-state index in [-0.39, 0.29) is 19.0 Å². The lowest BCUT2D eigenvalue weighted by Gasteiger charge is -2.25. The van der Waals surface area contributed by atoms with Crippen molar-refractivity contribution < 1.29 is 14.4 Å². The van der Waals surface area contributed by atoms with Crippen LogP contribution in [0.5, 0.6) is 0 Å². The zero-order valence-corrected chi connectivity index (χ0v) is 10.1. The van der Waals surface area contributed by atoms with Gasteiger partial charge in [0.2, 0.25) is 11.8 Å². The van der Waals surface area contributed by atoms with Crippen LogP contribution in [0.25, 0.3) is 0 Å². The van der Waals surface area contributed by atoms with Crippen molar-refractivity contribution in [3.05, 3.63) is 35.4 Å². The second kappa shape index (κ2) is 5.00. The number of amides is 3. The Morgan fingerprint density at radius 1 is 1.17 bits per heavy atom. The molecule has 2 rings (SSSR count). The fourth-order valence-corrected chi connectivity index (χ4v) is 1.85. The molecule has 0 saturated carbocycles. The molecule has 3 amide bonds. The lowest BCUT2D eigenvalue weighted by molar-refractivity contribution is -0.135. The topological polar surface area (TPSA) is 66.5 Å². The predicted octanol–water partition coefficient (Wildman–Crippen LogP) is 0.348. The number of carbonyl (C=O) groups is 3. The third-order valence-corrected chi connectivity index (χ3v) is 2.84. The molecule has 1 aliphatic rings. The van der Waals surface area contributed by atoms with Gasteiger partial charge in [0, 0.05) is 5.56 Å². The standard InChI is InChI=1S/C13H14N2O3/c1-2-9-3-5-10(6-4-9)13(18)15-7-11(16)14-12(17)8-15/h3-6H,2,7-8H2,1H3,(H,14,16,17). The number of hydrogen-bond acceptors (Lipinski definition) is 3. The largest absolute Gasteiger partial charge is 0.320 e. The average Bonchev–Trinajstić information content (AvgIpc) is 2.37. The molecular weight excluding hydrogens is 232 g/mol. The van der Waals surface area contributed by atoms with Crippen molar-refractivity contribution >= 4 is 17.7 Å². The highest BCUT2D eigenvalue weighted by Gasteiger charge is 2.26. The quantitative estimate of drug-likeness (QED) is 0.766. The van der Waals surface area contributed by atoms with Crippen molar-refractivity contribution in [2.24, 2.45) is 0 Å². The third kappa shape index (κ3) is 2.56. The molecule has 18 heavy (non-hydrogen) atoms. The maximum Gasteiger partial charge on any atom is 0.254 e. The zero-order chi connectivity index (χ0) is 13.1. The van der Waals surface area contributed by atoms with Crippen LogP contribution < -0.4 is 5.32 Å². The molecule has 5 nitrogen and oxygen atoms in total. The highest BCUT2D eigenvalue weighted by atomic mass is 16.2. The Morgan fingerprint density at radius 2 is 1.72 bits per heavy atom. The molecule has 1 heterocycles. The minimum Gasteiger partial charge on any atom is -0.320 e. The summed E-state index contributed by atoms with van der Waals surface area (Å²) in [4.78, 5) is 35.7. The van der Waals surface area contributed by atoms with Crippen molar-refractivity contribution in [3.63, 3.8) is 0 Å². The van der Waals surface area contributed by atoms with Crippen LogP contribution in [-0.4, -0.2) is 35.7 Å². The van der Waals surface area contributed by atoms with E-state index in [0.29, 0.717) is 5.56 Å². The minimum absolute atomic E-state index is 0.0693. The summed E-state index contributed by atoms with van der Waals surface area (Å²) < 4.78 is 0. The number of imide groups is 1. The van der Waals surface area contributed by atoms with Crippen LogP contribution in [0, 0.1) is 0 Å². The zero-order valence-electron chi connectivity index (χ0n) is 10.1. The Labute approximate surface area is 105 Å². The lowest BCUT2D eigenvalue weighted by atomic mass is 10.1. The van der Waals surface area contributed by atoms with Crippen LogP contribution in [0.2, 0.25) is 0 Å². The number of hydrogen-bond donors (Lipinski definition) is 1. The van der Waals surface area contributed by atoms with E-state index in [2.05, 4.69) is 5.32 Å². The Kier molecular flexibility index (Phi) is 3.41. The van der Waals surface area contributed by atoms with Crippen LogP contribution in [0.3, 0.4) is 0 Å². The highest BCUT2D eigenvalue weighted by molar-refractivity contribution is 6.05. The van der Waals surface area contributed by atoms with Gasteiger partial charge < -0.3 is 4.90 Å². The SMILES string of the molecule is CCc1ccc(C(=O)N2CC(=O)NC(=O)C2)cc1. The van der Waals surface area contributed by atoms with Gasteiger partial charge >= 0.3 is 0 Å². The summed E-state index contributed by atoms with van der Waals surface area (Å²) in [5, 5.41) is 2.16. The van der Waals surface area contributed by atoms with Gasteiger partial charge in [0.05, 0.1) is 0 Å². The van der Waals surface area contributed by atoms with Crippen molar-refractivity contribution in [3.8, 4) is 0 Å². The molecule has 5 heteroatoms. The normalized spacial score (nSPS) is 15.5. The first-order valence-corrected chi connectivity index (χ1v) is 5.81. The number of piperazine rings is 1. The van der Waals surface area contributed by atoms with E-state index in [4.69, 9.17) is 0 Å². The predicted molar refractivity (Wildman–Crippen MR) is 64.9 cm³/mol. The van der Waals surface area contributed by atoms with Crippen LogP contribution in [0.1, 0.15) is 22.8 Å². The van der Waals surface area contributed by atoms with E-state index >= 15 is 0 Å². The second-order valence-corrected chi connectivity index (χ2v) is 4.18. The van der Waals surface area contributed by atoms with E-state index < -0.39 is 11.8 Å². The molecule has 1 aliphatic heterocycles. The van der Waals surface area contributed by atoms with Gasteiger partial charge in [-0.15, -0.1) is 0 Å². The van der Waals surface area contributed by atoms with Gasteiger partial charge in [-0.1, -0.05) is 19.1 Å². The van der Waals surface area contributed by atoms with Gasteiger partial charge in [-0.3, -0.25) is 19.7 Å². The molecule has 1 aromatic rings. The van der Waals surface area contributed by atoms with Crippen LogP contribution in [-0.2, 0) is 16.0 Å². The molecule has 1 fully saturated rings. The van der Waals surface area contributed by atoms with Crippen molar-refractivity contribution in [1.82, 2.24) is 10.2 Å². The van der Waals surface area contributed by atoms with E-state index in [1.165, 1.54) is 4.90 Å². The average molecular weight is 246 g/mol. The Hall–Kier alpha value is -2.17. The molecule has 1 aromatic carbocycles. The fourth-order valence-electron chi connectivity index (χ4n) is 1.85. The molecule has 1 N–H and O–H groups in total. The first-order valence-electron chi connectivity index (χ1n) is 5.81. The van der Waals surface area contributed by atoms with Crippen LogP contribution >= 0.6 is 0 Å². The molecule has 0 bridgehead atoms. The first kappa shape index (κ1) is 12.3. The van der Waals surface area contributed by atoms with E-state index in [1.54, 1.807) is 12.1 Å². The van der Waals surface area contributed by atoms with Gasteiger partial charge in [0.1, 0.15) is 13.1 Å². The van der Waals surface area contributed by atoms with E-state index in [0.717, 1.165) is 12.0 Å². The molecule has 0 unspecified atom stereocenters. The summed E-state index contributed by atoms with van der Waals surface area (Å²) in [6.45, 7) is 1.89. The molecule has 0 aromatic heterocycles. The molecule has 0 spiro atoms.